The summed E-state index contributed by atoms with van der Waals surface area (Å²) in [4.78, 5) is 0. The Bertz CT molecular complexity index is 330. The Hall–Kier alpha value is 0.160. The first-order valence-electron chi connectivity index (χ1n) is 5.79. The number of hydrogen-bond donors (Lipinski definition) is 2. The number of nitrogens with one attached hydrogen (secondary N) is 1. The van der Waals surface area contributed by atoms with E-state index in [1.54, 1.807) is 0 Å². The van der Waals surface area contributed by atoms with Gasteiger partial charge in [0.15, 0.2) is 0 Å². The van der Waals surface area contributed by atoms with Crippen LogP contribution in [0.1, 0.15) is 39.0 Å². The minimum atomic E-state index is -3.03. The molecule has 0 aliphatic heterocycles. The van der Waals surface area contributed by atoms with E-state index in [1.165, 1.54) is 0 Å². The number of nitrogens with two attached hydrogens (primary N) is 1. The second-order valence-corrected chi connectivity index (χ2v) is 6.86. The lowest BCUT2D eigenvalue weighted by molar-refractivity contribution is 0.462. The summed E-state index contributed by atoms with van der Waals surface area (Å²) in [6.45, 7) is 2.11. The number of halogens is 1. The maximum absolute atomic E-state index is 11.7. The van der Waals surface area contributed by atoms with Gasteiger partial charge in [-0.2, -0.15) is 0 Å². The molecule has 16 heavy (non-hydrogen) atoms. The van der Waals surface area contributed by atoms with Gasteiger partial charge in [-0.25, -0.2) is 13.1 Å². The zero-order valence-electron chi connectivity index (χ0n) is 9.56. The van der Waals surface area contributed by atoms with Gasteiger partial charge in [-0.1, -0.05) is 13.3 Å². The average molecular weight is 269 g/mol. The molecule has 0 aromatic rings. The Morgan fingerprint density at radius 2 is 1.94 bits per heavy atom. The first-order valence-corrected chi connectivity index (χ1v) is 7.34. The van der Waals surface area contributed by atoms with Crippen molar-refractivity contribution in [1.29, 1.82) is 0 Å². The third-order valence-corrected chi connectivity index (χ3v) is 5.58. The summed E-state index contributed by atoms with van der Waals surface area (Å²) in [7, 11) is -3.03. The van der Waals surface area contributed by atoms with Crippen molar-refractivity contribution in [2.24, 2.45) is 11.7 Å². The fraction of sp³-hybridized carbons (Fsp3) is 1.00. The summed E-state index contributed by atoms with van der Waals surface area (Å²) in [6, 6.07) is 0.248. The van der Waals surface area contributed by atoms with Crippen molar-refractivity contribution in [3.05, 3.63) is 0 Å². The molecule has 3 N–H and O–H groups in total. The van der Waals surface area contributed by atoms with Gasteiger partial charge in [0.25, 0.3) is 0 Å². The number of sulfonamides is 1. The Morgan fingerprint density at radius 3 is 2.38 bits per heavy atom. The van der Waals surface area contributed by atoms with E-state index >= 15 is 0 Å². The normalized spacial score (nSPS) is 34.8. The van der Waals surface area contributed by atoms with E-state index in [0.717, 1.165) is 32.1 Å². The highest BCUT2D eigenvalue weighted by Gasteiger charge is 2.39. The number of rotatable bonds is 4. The zero-order chi connectivity index (χ0) is 11.1. The SMILES string of the molecule is CC[C@@H]1C[C@H](NS(=O)(=O)C2CC2)C[C@@H]1N.Cl. The molecule has 2 rings (SSSR count). The summed E-state index contributed by atoms with van der Waals surface area (Å²) in [5.74, 6) is 0.483. The zero-order valence-corrected chi connectivity index (χ0v) is 11.2. The van der Waals surface area contributed by atoms with Crippen LogP contribution in [0.5, 0.6) is 0 Å². The molecule has 2 aliphatic carbocycles. The molecule has 0 aromatic heterocycles. The van der Waals surface area contributed by atoms with Crippen molar-refractivity contribution in [1.82, 2.24) is 4.72 Å². The second-order valence-electron chi connectivity index (χ2n) is 4.86. The molecule has 4 nitrogen and oxygen atoms in total. The van der Waals surface area contributed by atoms with Crippen LogP contribution in [-0.2, 0) is 10.0 Å². The van der Waals surface area contributed by atoms with Gasteiger partial charge < -0.3 is 5.73 Å². The molecule has 0 bridgehead atoms. The molecule has 3 atom stereocenters. The van der Waals surface area contributed by atoms with Crippen LogP contribution in [0.15, 0.2) is 0 Å². The fourth-order valence-electron chi connectivity index (χ4n) is 2.43. The van der Waals surface area contributed by atoms with Crippen LogP contribution in [0.4, 0.5) is 0 Å². The van der Waals surface area contributed by atoms with Crippen molar-refractivity contribution >= 4 is 22.4 Å². The second kappa shape index (κ2) is 5.21. The van der Waals surface area contributed by atoms with E-state index in [9.17, 15) is 8.42 Å². The summed E-state index contributed by atoms with van der Waals surface area (Å²) < 4.78 is 26.2. The average Bonchev–Trinajstić information content (AvgIpc) is 2.92. The smallest absolute Gasteiger partial charge is 0.214 e. The van der Waals surface area contributed by atoms with Crippen LogP contribution in [0, 0.1) is 5.92 Å². The molecule has 0 radical (unpaired) electrons. The molecule has 2 aliphatic rings. The molecule has 2 fully saturated rings. The van der Waals surface area contributed by atoms with Crippen molar-refractivity contribution in [2.75, 3.05) is 0 Å². The molecule has 6 heteroatoms. The third-order valence-electron chi connectivity index (χ3n) is 3.57. The molecular formula is C10H21ClN2O2S. The number of hydrogen-bond acceptors (Lipinski definition) is 3. The van der Waals surface area contributed by atoms with Crippen molar-refractivity contribution in [3.63, 3.8) is 0 Å². The van der Waals surface area contributed by atoms with E-state index < -0.39 is 10.0 Å². The minimum Gasteiger partial charge on any atom is -0.327 e. The predicted molar refractivity (Wildman–Crippen MR) is 67.1 cm³/mol. The van der Waals surface area contributed by atoms with Crippen molar-refractivity contribution in [3.8, 4) is 0 Å². The first kappa shape index (κ1) is 14.2. The topological polar surface area (TPSA) is 72.2 Å². The van der Waals surface area contributed by atoms with Gasteiger partial charge in [0.05, 0.1) is 5.25 Å². The highest BCUT2D eigenvalue weighted by atomic mass is 35.5. The summed E-state index contributed by atoms with van der Waals surface area (Å²) in [5, 5.41) is -0.116. The van der Waals surface area contributed by atoms with E-state index in [4.69, 9.17) is 5.73 Å². The van der Waals surface area contributed by atoms with Crippen LogP contribution in [0.25, 0.3) is 0 Å². The molecule has 0 aromatic carbocycles. The highest BCUT2D eigenvalue weighted by Crippen LogP contribution is 2.31. The molecule has 0 heterocycles. The van der Waals surface area contributed by atoms with Crippen LogP contribution in [0.3, 0.4) is 0 Å². The molecule has 0 amide bonds. The van der Waals surface area contributed by atoms with Gasteiger partial charge in [-0.15, -0.1) is 12.4 Å². The van der Waals surface area contributed by atoms with Crippen molar-refractivity contribution in [2.45, 2.75) is 56.4 Å². The maximum atomic E-state index is 11.7. The third kappa shape index (κ3) is 3.09. The van der Waals surface area contributed by atoms with E-state index in [2.05, 4.69) is 11.6 Å². The van der Waals surface area contributed by atoms with Gasteiger partial charge in [0.1, 0.15) is 0 Å². The van der Waals surface area contributed by atoms with Crippen LogP contribution in [0.2, 0.25) is 0 Å². The fourth-order valence-corrected chi connectivity index (χ4v) is 4.04. The highest BCUT2D eigenvalue weighted by molar-refractivity contribution is 7.90. The maximum Gasteiger partial charge on any atom is 0.214 e. The lowest BCUT2D eigenvalue weighted by atomic mass is 10.0. The minimum absolute atomic E-state index is 0. The molecule has 2 saturated carbocycles. The Morgan fingerprint density at radius 1 is 1.31 bits per heavy atom. The lowest BCUT2D eigenvalue weighted by Crippen LogP contribution is -2.36. The lowest BCUT2D eigenvalue weighted by Gasteiger charge is -2.12. The summed E-state index contributed by atoms with van der Waals surface area (Å²) >= 11 is 0. The monoisotopic (exact) mass is 268 g/mol. The van der Waals surface area contributed by atoms with E-state index in [-0.39, 0.29) is 29.7 Å². The van der Waals surface area contributed by atoms with Gasteiger partial charge in [-0.05, 0) is 31.6 Å². The Balaban J connectivity index is 0.00000128. The predicted octanol–water partition coefficient (Wildman–Crippen LogP) is 1.01. The van der Waals surface area contributed by atoms with Gasteiger partial charge >= 0.3 is 0 Å². The Kier molecular flexibility index (Phi) is 4.63. The van der Waals surface area contributed by atoms with Gasteiger partial charge in [-0.3, -0.25) is 0 Å². The summed E-state index contributed by atoms with van der Waals surface area (Å²) in [6.07, 6.45) is 4.40. The Labute approximate surface area is 104 Å². The van der Waals surface area contributed by atoms with E-state index in [0.29, 0.717) is 5.92 Å². The molecule has 96 valence electrons. The van der Waals surface area contributed by atoms with Crippen LogP contribution < -0.4 is 10.5 Å². The first-order chi connectivity index (χ1) is 7.03. The van der Waals surface area contributed by atoms with Crippen LogP contribution in [-0.4, -0.2) is 25.8 Å². The van der Waals surface area contributed by atoms with Gasteiger partial charge in [0, 0.05) is 12.1 Å². The quantitative estimate of drug-likeness (QED) is 0.799. The largest absolute Gasteiger partial charge is 0.327 e. The molecule has 0 saturated heterocycles. The summed E-state index contributed by atoms with van der Waals surface area (Å²) in [5.41, 5.74) is 5.96. The molecule has 0 unspecified atom stereocenters. The standard InChI is InChI=1S/C10H20N2O2S.ClH/c1-2-7-5-8(6-10(7)11)12-15(13,14)9-3-4-9;/h7-10,12H,2-6,11H2,1H3;1H/t7-,8+,10+;/m1./s1. The van der Waals surface area contributed by atoms with Crippen molar-refractivity contribution < 1.29 is 8.42 Å². The van der Waals surface area contributed by atoms with E-state index in [1.807, 2.05) is 0 Å². The van der Waals surface area contributed by atoms with Crippen LogP contribution >= 0.6 is 12.4 Å². The molecular weight excluding hydrogens is 248 g/mol. The molecule has 0 spiro atoms. The van der Waals surface area contributed by atoms with Gasteiger partial charge in [0.2, 0.25) is 10.0 Å².